The Morgan fingerprint density at radius 1 is 0.917 bits per heavy atom. The minimum Gasteiger partial charge on any atom is -0.455 e. The summed E-state index contributed by atoms with van der Waals surface area (Å²) in [5, 5.41) is 0. The van der Waals surface area contributed by atoms with Crippen molar-refractivity contribution in [3.05, 3.63) is 108 Å². The number of carbonyl (C=O) groups excluding carboxylic acids is 1. The zero-order valence-corrected chi connectivity index (χ0v) is 20.9. The molecule has 1 aromatic heterocycles. The van der Waals surface area contributed by atoms with Crippen LogP contribution >= 0.6 is 0 Å². The van der Waals surface area contributed by atoms with E-state index in [-0.39, 0.29) is 11.9 Å². The van der Waals surface area contributed by atoms with Gasteiger partial charge in [-0.2, -0.15) is 0 Å². The van der Waals surface area contributed by atoms with Crippen molar-refractivity contribution in [1.29, 1.82) is 0 Å². The molecule has 2 bridgehead atoms. The van der Waals surface area contributed by atoms with Crippen LogP contribution in [-0.2, 0) is 13.0 Å². The third-order valence-corrected chi connectivity index (χ3v) is 6.72. The van der Waals surface area contributed by atoms with Gasteiger partial charge in [-0.05, 0) is 35.7 Å². The van der Waals surface area contributed by atoms with Gasteiger partial charge in [-0.1, -0.05) is 74.5 Å². The molecule has 36 heavy (non-hydrogen) atoms. The van der Waals surface area contributed by atoms with Crippen molar-refractivity contribution in [2.45, 2.75) is 32.9 Å². The molecule has 184 valence electrons. The van der Waals surface area contributed by atoms with Crippen LogP contribution in [0.4, 0.5) is 5.69 Å². The molecule has 0 saturated carbocycles. The van der Waals surface area contributed by atoms with Crippen molar-refractivity contribution in [2.24, 2.45) is 0 Å². The fourth-order valence-corrected chi connectivity index (χ4v) is 5.02. The summed E-state index contributed by atoms with van der Waals surface area (Å²) in [4.78, 5) is 22.5. The number of imidazole rings is 1. The molecule has 0 aliphatic carbocycles. The molecular weight excluding hydrogens is 448 g/mol. The maximum atomic E-state index is 13.8. The van der Waals surface area contributed by atoms with Crippen LogP contribution in [0.2, 0.25) is 0 Å². The van der Waals surface area contributed by atoms with Crippen LogP contribution in [-0.4, -0.2) is 46.0 Å². The molecule has 3 heterocycles. The van der Waals surface area contributed by atoms with Crippen LogP contribution in [0.3, 0.4) is 0 Å². The van der Waals surface area contributed by atoms with Gasteiger partial charge in [0, 0.05) is 26.2 Å². The number of nitrogens with zero attached hydrogens (tertiary/aromatic N) is 4. The first-order chi connectivity index (χ1) is 17.8. The van der Waals surface area contributed by atoms with E-state index >= 15 is 0 Å². The number of ether oxygens (including phenoxy) is 1. The third-order valence-electron chi connectivity index (χ3n) is 6.72. The minimum absolute atomic E-state index is 0.0252. The van der Waals surface area contributed by atoms with Gasteiger partial charge in [0.05, 0.1) is 24.3 Å². The van der Waals surface area contributed by atoms with Gasteiger partial charge in [0.25, 0.3) is 5.91 Å². The van der Waals surface area contributed by atoms with E-state index in [1.165, 1.54) is 0 Å². The van der Waals surface area contributed by atoms with Gasteiger partial charge in [0.1, 0.15) is 11.4 Å². The lowest BCUT2D eigenvalue weighted by Gasteiger charge is -2.42. The number of piperazine rings is 1. The van der Waals surface area contributed by atoms with E-state index in [0.717, 1.165) is 47.8 Å². The van der Waals surface area contributed by atoms with Crippen LogP contribution in [0.1, 0.15) is 35.5 Å². The fraction of sp³-hybridized carbons (Fsp3) is 0.267. The highest BCUT2D eigenvalue weighted by atomic mass is 16.5. The van der Waals surface area contributed by atoms with E-state index in [4.69, 9.17) is 4.74 Å². The van der Waals surface area contributed by atoms with Gasteiger partial charge in [-0.25, -0.2) is 4.98 Å². The normalized spacial score (nSPS) is 16.2. The molecule has 4 aromatic rings. The predicted octanol–water partition coefficient (Wildman–Crippen LogP) is 5.64. The Labute approximate surface area is 212 Å². The Hall–Kier alpha value is -4.06. The van der Waals surface area contributed by atoms with E-state index in [1.807, 2.05) is 77.9 Å². The first-order valence-electron chi connectivity index (χ1n) is 12.7. The summed E-state index contributed by atoms with van der Waals surface area (Å²) in [6.45, 7) is 6.78. The van der Waals surface area contributed by atoms with E-state index in [9.17, 15) is 4.79 Å². The molecule has 1 amide bonds. The SMILES string of the molecule is CC.O=C(c1cncn1Cc1ccccc1)N1CCN2CC1Cc1ccccc1Oc1ccccc12. The molecule has 1 fully saturated rings. The maximum absolute atomic E-state index is 13.8. The van der Waals surface area contributed by atoms with Gasteiger partial charge in [0.15, 0.2) is 5.75 Å². The van der Waals surface area contributed by atoms with Gasteiger partial charge in [-0.15, -0.1) is 0 Å². The number of aromatic nitrogens is 2. The number of fused-ring (bicyclic) bond motifs is 5. The van der Waals surface area contributed by atoms with Crippen LogP contribution in [0, 0.1) is 0 Å². The molecular formula is C30H32N4O2. The molecule has 2 aliphatic rings. The molecule has 1 unspecified atom stereocenters. The third kappa shape index (κ3) is 4.71. The Balaban J connectivity index is 0.00000130. The average molecular weight is 481 g/mol. The number of hydrogen-bond acceptors (Lipinski definition) is 4. The molecule has 1 saturated heterocycles. The Morgan fingerprint density at radius 3 is 2.47 bits per heavy atom. The summed E-state index contributed by atoms with van der Waals surface area (Å²) in [5.74, 6) is 1.74. The first kappa shape index (κ1) is 23.7. The van der Waals surface area contributed by atoms with Gasteiger partial charge in [0.2, 0.25) is 0 Å². The maximum Gasteiger partial charge on any atom is 0.272 e. The van der Waals surface area contributed by atoms with Crippen LogP contribution < -0.4 is 9.64 Å². The molecule has 6 nitrogen and oxygen atoms in total. The quantitative estimate of drug-likeness (QED) is 0.381. The van der Waals surface area contributed by atoms with Crippen molar-refractivity contribution in [1.82, 2.24) is 14.5 Å². The average Bonchev–Trinajstić information content (AvgIpc) is 3.40. The Kier molecular flexibility index (Phi) is 7.03. The van der Waals surface area contributed by atoms with E-state index < -0.39 is 0 Å². The lowest BCUT2D eigenvalue weighted by atomic mass is 10.0. The Morgan fingerprint density at radius 2 is 1.64 bits per heavy atom. The van der Waals surface area contributed by atoms with Gasteiger partial charge >= 0.3 is 0 Å². The Bertz CT molecular complexity index is 1320. The molecule has 1 atom stereocenters. The fourth-order valence-electron chi connectivity index (χ4n) is 5.02. The van der Waals surface area contributed by atoms with Crippen LogP contribution in [0.15, 0.2) is 91.4 Å². The zero-order chi connectivity index (χ0) is 24.9. The standard InChI is InChI=1S/C28H26N4O2.C2H6/c33-28(25-17-29-20-31(25)18-21-8-2-1-3-9-21)32-15-14-30-19-23(32)16-22-10-4-6-12-26(22)34-27-13-7-5-11-24(27)30;1-2/h1-13,17,20,23H,14-16,18-19H2;1-2H3. The second-order valence-corrected chi connectivity index (χ2v) is 8.87. The van der Waals surface area contributed by atoms with Crippen LogP contribution in [0.5, 0.6) is 11.5 Å². The lowest BCUT2D eigenvalue weighted by Crippen LogP contribution is -2.56. The van der Waals surface area contributed by atoms with E-state index in [1.54, 1.807) is 12.5 Å². The minimum atomic E-state index is 0.0252. The molecule has 0 N–H and O–H groups in total. The summed E-state index contributed by atoms with van der Waals surface area (Å²) in [7, 11) is 0. The van der Waals surface area contributed by atoms with Crippen molar-refractivity contribution >= 4 is 11.6 Å². The highest BCUT2D eigenvalue weighted by molar-refractivity contribution is 5.93. The molecule has 0 radical (unpaired) electrons. The van der Waals surface area contributed by atoms with Crippen LogP contribution in [0.25, 0.3) is 0 Å². The summed E-state index contributed by atoms with van der Waals surface area (Å²) >= 11 is 0. The summed E-state index contributed by atoms with van der Waals surface area (Å²) < 4.78 is 8.31. The molecule has 6 rings (SSSR count). The summed E-state index contributed by atoms with van der Waals surface area (Å²) in [5.41, 5.74) is 3.96. The summed E-state index contributed by atoms with van der Waals surface area (Å²) in [6, 6.07) is 26.5. The number of amides is 1. The monoisotopic (exact) mass is 480 g/mol. The molecule has 0 spiro atoms. The van der Waals surface area contributed by atoms with E-state index in [2.05, 4.69) is 34.1 Å². The second kappa shape index (κ2) is 10.7. The van der Waals surface area contributed by atoms with Crippen molar-refractivity contribution in [3.8, 4) is 11.5 Å². The molecule has 2 aliphatic heterocycles. The number of benzene rings is 3. The van der Waals surface area contributed by atoms with Crippen molar-refractivity contribution in [3.63, 3.8) is 0 Å². The van der Waals surface area contributed by atoms with E-state index in [0.29, 0.717) is 18.8 Å². The highest BCUT2D eigenvalue weighted by Gasteiger charge is 2.34. The first-order valence-corrected chi connectivity index (χ1v) is 12.7. The number of carbonyl (C=O) groups is 1. The zero-order valence-electron chi connectivity index (χ0n) is 20.9. The topological polar surface area (TPSA) is 50.6 Å². The number of anilines is 1. The molecule has 6 heteroatoms. The number of rotatable bonds is 3. The van der Waals surface area contributed by atoms with Crippen molar-refractivity contribution < 1.29 is 9.53 Å². The van der Waals surface area contributed by atoms with Gasteiger partial charge in [-0.3, -0.25) is 4.79 Å². The van der Waals surface area contributed by atoms with Crippen molar-refractivity contribution in [2.75, 3.05) is 24.5 Å². The second-order valence-electron chi connectivity index (χ2n) is 8.87. The lowest BCUT2D eigenvalue weighted by molar-refractivity contribution is 0.0646. The highest BCUT2D eigenvalue weighted by Crippen LogP contribution is 2.37. The largest absolute Gasteiger partial charge is 0.455 e. The number of para-hydroxylation sites is 3. The summed E-state index contributed by atoms with van der Waals surface area (Å²) in [6.07, 6.45) is 4.18. The predicted molar refractivity (Wildman–Crippen MR) is 143 cm³/mol. The smallest absolute Gasteiger partial charge is 0.272 e. The van der Waals surface area contributed by atoms with Gasteiger partial charge < -0.3 is 19.1 Å². The molecule has 3 aromatic carbocycles. The number of hydrogen-bond donors (Lipinski definition) is 0.